The van der Waals surface area contributed by atoms with Gasteiger partial charge in [0.1, 0.15) is 5.76 Å². The van der Waals surface area contributed by atoms with E-state index in [1.165, 1.54) is 0 Å². The molecule has 0 saturated heterocycles. The van der Waals surface area contributed by atoms with Crippen LogP contribution in [0.5, 0.6) is 0 Å². The van der Waals surface area contributed by atoms with Crippen molar-refractivity contribution in [2.75, 3.05) is 11.1 Å². The highest BCUT2D eigenvalue weighted by atomic mass is 79.9. The Morgan fingerprint density at radius 1 is 1.08 bits per heavy atom. The smallest absolute Gasteiger partial charge is 0.291 e. The molecule has 0 aliphatic heterocycles. The van der Waals surface area contributed by atoms with Gasteiger partial charge in [0.05, 0.1) is 5.69 Å². The van der Waals surface area contributed by atoms with E-state index in [4.69, 9.17) is 10.2 Å². The number of nitrogen functional groups attached to an aromatic ring is 1. The van der Waals surface area contributed by atoms with Crippen molar-refractivity contribution in [3.8, 4) is 11.3 Å². The predicted molar refractivity (Wildman–Crippen MR) is 103 cm³/mol. The van der Waals surface area contributed by atoms with Crippen LogP contribution in [0.1, 0.15) is 16.1 Å². The van der Waals surface area contributed by atoms with Crippen LogP contribution in [-0.2, 0) is 0 Å². The van der Waals surface area contributed by atoms with Crippen LogP contribution in [-0.4, -0.2) is 5.91 Å². The molecule has 24 heavy (non-hydrogen) atoms. The molecular weight excluding hydrogens is 436 g/mol. The summed E-state index contributed by atoms with van der Waals surface area (Å²) < 4.78 is 7.34. The van der Waals surface area contributed by atoms with Gasteiger partial charge in [0.25, 0.3) is 5.91 Å². The van der Waals surface area contributed by atoms with Crippen molar-refractivity contribution in [3.63, 3.8) is 0 Å². The summed E-state index contributed by atoms with van der Waals surface area (Å²) in [5.74, 6) is 0.548. The molecule has 0 unspecified atom stereocenters. The molecule has 0 aliphatic carbocycles. The number of carbonyl (C=O) groups is 1. The molecular formula is C18H14Br2N2O2. The average Bonchev–Trinajstić information content (AvgIpc) is 3.01. The molecule has 0 atom stereocenters. The Labute approximate surface area is 156 Å². The van der Waals surface area contributed by atoms with Gasteiger partial charge >= 0.3 is 0 Å². The van der Waals surface area contributed by atoms with Gasteiger partial charge < -0.3 is 15.5 Å². The van der Waals surface area contributed by atoms with Crippen LogP contribution in [0.3, 0.4) is 0 Å². The number of benzene rings is 2. The average molecular weight is 450 g/mol. The molecule has 1 amide bonds. The number of carbonyl (C=O) groups excluding carboxylic acids is 1. The van der Waals surface area contributed by atoms with E-state index in [-0.39, 0.29) is 11.7 Å². The Balaban J connectivity index is 1.86. The van der Waals surface area contributed by atoms with Crippen LogP contribution in [0.2, 0.25) is 0 Å². The number of hydrogen-bond acceptors (Lipinski definition) is 3. The van der Waals surface area contributed by atoms with Crippen molar-refractivity contribution >= 4 is 49.1 Å². The maximum atomic E-state index is 12.5. The van der Waals surface area contributed by atoms with E-state index in [0.29, 0.717) is 17.1 Å². The molecule has 4 nitrogen and oxygen atoms in total. The topological polar surface area (TPSA) is 68.3 Å². The van der Waals surface area contributed by atoms with E-state index < -0.39 is 0 Å². The Morgan fingerprint density at radius 3 is 2.54 bits per heavy atom. The summed E-state index contributed by atoms with van der Waals surface area (Å²) in [7, 11) is 0. The molecule has 3 N–H and O–H groups in total. The van der Waals surface area contributed by atoms with Crippen LogP contribution in [0.25, 0.3) is 11.3 Å². The Morgan fingerprint density at radius 2 is 1.83 bits per heavy atom. The first kappa shape index (κ1) is 16.8. The maximum Gasteiger partial charge on any atom is 0.291 e. The normalized spacial score (nSPS) is 10.6. The van der Waals surface area contributed by atoms with Crippen molar-refractivity contribution in [2.24, 2.45) is 0 Å². The second-order valence-electron chi connectivity index (χ2n) is 5.29. The molecule has 122 valence electrons. The molecule has 6 heteroatoms. The highest BCUT2D eigenvalue weighted by Gasteiger charge is 2.16. The monoisotopic (exact) mass is 448 g/mol. The number of furan rings is 1. The summed E-state index contributed by atoms with van der Waals surface area (Å²) in [6.07, 6.45) is 0. The van der Waals surface area contributed by atoms with Crippen LogP contribution < -0.4 is 11.1 Å². The quantitative estimate of drug-likeness (QED) is 0.510. The number of amides is 1. The van der Waals surface area contributed by atoms with Gasteiger partial charge in [-0.25, -0.2) is 0 Å². The number of halogens is 2. The molecule has 0 spiro atoms. The van der Waals surface area contributed by atoms with E-state index in [9.17, 15) is 4.79 Å². The second kappa shape index (κ2) is 6.83. The molecule has 0 radical (unpaired) electrons. The van der Waals surface area contributed by atoms with E-state index in [2.05, 4.69) is 37.2 Å². The molecule has 3 rings (SSSR count). The fourth-order valence-electron chi connectivity index (χ4n) is 2.37. The highest BCUT2D eigenvalue weighted by molar-refractivity contribution is 9.11. The maximum absolute atomic E-state index is 12.5. The van der Waals surface area contributed by atoms with Crippen molar-refractivity contribution in [2.45, 2.75) is 6.92 Å². The van der Waals surface area contributed by atoms with Crippen LogP contribution in [0.4, 0.5) is 11.4 Å². The molecule has 1 heterocycles. The summed E-state index contributed by atoms with van der Waals surface area (Å²) in [5, 5.41) is 2.85. The Bertz CT molecular complexity index is 896. The fraction of sp³-hybridized carbons (Fsp3) is 0.0556. The third-order valence-corrected chi connectivity index (χ3v) is 4.83. The minimum Gasteiger partial charge on any atom is -0.451 e. The van der Waals surface area contributed by atoms with Gasteiger partial charge in [-0.05, 0) is 58.7 Å². The number of rotatable bonds is 3. The molecule has 2 aromatic carbocycles. The molecule has 1 aromatic heterocycles. The summed E-state index contributed by atoms with van der Waals surface area (Å²) >= 11 is 6.90. The number of nitrogens with one attached hydrogen (secondary N) is 1. The highest BCUT2D eigenvalue weighted by Crippen LogP contribution is 2.31. The summed E-state index contributed by atoms with van der Waals surface area (Å²) in [4.78, 5) is 12.5. The van der Waals surface area contributed by atoms with Gasteiger partial charge in [-0.2, -0.15) is 0 Å². The number of nitrogens with two attached hydrogens (primary N) is 1. The Hall–Kier alpha value is -2.05. The zero-order valence-electron chi connectivity index (χ0n) is 12.8. The standard InChI is InChI=1S/C18H14Br2N2O2/c1-10-8-11(21)9-14(20)17(10)22-18(23)16-7-6-15(24-16)12-4-2-3-5-13(12)19/h2-9H,21H2,1H3,(H,22,23). The van der Waals surface area contributed by atoms with Crippen LogP contribution >= 0.6 is 31.9 Å². The van der Waals surface area contributed by atoms with Crippen molar-refractivity contribution in [3.05, 3.63) is 68.8 Å². The Kier molecular flexibility index (Phi) is 4.78. The lowest BCUT2D eigenvalue weighted by Crippen LogP contribution is -2.12. The first-order chi connectivity index (χ1) is 11.5. The first-order valence-electron chi connectivity index (χ1n) is 7.17. The van der Waals surface area contributed by atoms with E-state index in [0.717, 1.165) is 20.1 Å². The van der Waals surface area contributed by atoms with Crippen molar-refractivity contribution in [1.29, 1.82) is 0 Å². The molecule has 0 aliphatic rings. The SMILES string of the molecule is Cc1cc(N)cc(Br)c1NC(=O)c1ccc(-c2ccccc2Br)o1. The van der Waals surface area contributed by atoms with Gasteiger partial charge in [0.2, 0.25) is 0 Å². The molecule has 0 bridgehead atoms. The number of hydrogen-bond donors (Lipinski definition) is 2. The summed E-state index contributed by atoms with van der Waals surface area (Å²) in [6.45, 7) is 1.88. The second-order valence-corrected chi connectivity index (χ2v) is 7.00. The summed E-state index contributed by atoms with van der Waals surface area (Å²) in [6, 6.07) is 14.7. The third kappa shape index (κ3) is 3.39. The predicted octanol–water partition coefficient (Wildman–Crippen LogP) is 5.61. The van der Waals surface area contributed by atoms with E-state index >= 15 is 0 Å². The number of aryl methyl sites for hydroxylation is 1. The first-order valence-corrected chi connectivity index (χ1v) is 8.76. The van der Waals surface area contributed by atoms with E-state index in [1.54, 1.807) is 24.3 Å². The third-order valence-electron chi connectivity index (χ3n) is 3.52. The van der Waals surface area contributed by atoms with Gasteiger partial charge in [0.15, 0.2) is 5.76 Å². The number of anilines is 2. The van der Waals surface area contributed by atoms with Crippen molar-refractivity contribution in [1.82, 2.24) is 0 Å². The zero-order chi connectivity index (χ0) is 17.3. The van der Waals surface area contributed by atoms with Gasteiger partial charge in [-0.3, -0.25) is 4.79 Å². The lowest BCUT2D eigenvalue weighted by atomic mass is 10.1. The van der Waals surface area contributed by atoms with Crippen LogP contribution in [0.15, 0.2) is 61.9 Å². The fourth-order valence-corrected chi connectivity index (χ4v) is 3.53. The van der Waals surface area contributed by atoms with Crippen molar-refractivity contribution < 1.29 is 9.21 Å². The zero-order valence-corrected chi connectivity index (χ0v) is 15.9. The summed E-state index contributed by atoms with van der Waals surface area (Å²) in [5.41, 5.74) is 8.85. The van der Waals surface area contributed by atoms with Gasteiger partial charge in [-0.1, -0.05) is 34.1 Å². The van der Waals surface area contributed by atoms with Gasteiger partial charge in [-0.15, -0.1) is 0 Å². The molecule has 3 aromatic rings. The minimum atomic E-state index is -0.318. The lowest BCUT2D eigenvalue weighted by Gasteiger charge is -2.10. The van der Waals surface area contributed by atoms with Crippen LogP contribution in [0, 0.1) is 6.92 Å². The minimum absolute atomic E-state index is 0.240. The molecule has 0 fully saturated rings. The van der Waals surface area contributed by atoms with E-state index in [1.807, 2.05) is 31.2 Å². The van der Waals surface area contributed by atoms with Gasteiger partial charge in [0, 0.05) is 20.2 Å². The lowest BCUT2D eigenvalue weighted by molar-refractivity contribution is 0.0997. The largest absolute Gasteiger partial charge is 0.451 e. The molecule has 0 saturated carbocycles.